The van der Waals surface area contributed by atoms with Gasteiger partial charge in [0.25, 0.3) is 0 Å². The van der Waals surface area contributed by atoms with Gasteiger partial charge in [0.05, 0.1) is 18.2 Å². The molecule has 2 heterocycles. The summed E-state index contributed by atoms with van der Waals surface area (Å²) in [4.78, 5) is 4.78. The Balaban J connectivity index is 1.60. The lowest BCUT2D eigenvalue weighted by atomic mass is 9.70. The molecule has 3 atom stereocenters. The molecule has 2 N–H and O–H groups in total. The van der Waals surface area contributed by atoms with E-state index < -0.39 is 5.60 Å². The first kappa shape index (κ1) is 24.1. The summed E-state index contributed by atoms with van der Waals surface area (Å²) in [5.41, 5.74) is 2.84. The molecule has 3 unspecified atom stereocenters. The molecule has 0 bridgehead atoms. The maximum absolute atomic E-state index is 12.3. The normalized spacial score (nSPS) is 21.1. The molecule has 3 aromatic carbocycles. The first-order valence-corrected chi connectivity index (χ1v) is 12.6. The van der Waals surface area contributed by atoms with E-state index >= 15 is 0 Å². The number of nitrogens with zero attached hydrogens (tertiary/aromatic N) is 1. The molecule has 35 heavy (non-hydrogen) atoms. The van der Waals surface area contributed by atoms with Crippen molar-refractivity contribution < 1.29 is 9.84 Å². The largest absolute Gasteiger partial charge is 0.481 e. The fraction of sp³-hybridized carbons (Fsp3) is 0.276. The van der Waals surface area contributed by atoms with Crippen molar-refractivity contribution in [2.75, 3.05) is 13.7 Å². The van der Waals surface area contributed by atoms with Gasteiger partial charge in [0.1, 0.15) is 0 Å². The molecule has 1 saturated heterocycles. The van der Waals surface area contributed by atoms with Crippen LogP contribution in [0.2, 0.25) is 10.0 Å². The standard InChI is InChI=1S/C29H28Cl2N2O2/c1-35-28-25(17-21-16-23(31)11-12-26(21)33-28)27(20-7-9-22(30)10-8-20)29(34)13-14-32-24(18-29)15-19-5-3-2-4-6-19/h2-12,16-17,24,27,32,34H,13-15,18H2,1H3. The lowest BCUT2D eigenvalue weighted by Crippen LogP contribution is -2.52. The number of halogens is 2. The monoisotopic (exact) mass is 506 g/mol. The van der Waals surface area contributed by atoms with Crippen LogP contribution in [-0.2, 0) is 6.42 Å². The van der Waals surface area contributed by atoms with E-state index in [1.54, 1.807) is 7.11 Å². The van der Waals surface area contributed by atoms with Crippen LogP contribution in [-0.4, -0.2) is 35.4 Å². The highest BCUT2D eigenvalue weighted by molar-refractivity contribution is 6.31. The third kappa shape index (κ3) is 5.17. The van der Waals surface area contributed by atoms with Crippen molar-refractivity contribution in [1.82, 2.24) is 10.3 Å². The molecule has 5 rings (SSSR count). The number of methoxy groups -OCH3 is 1. The average molecular weight is 507 g/mol. The van der Waals surface area contributed by atoms with Gasteiger partial charge in [-0.25, -0.2) is 4.98 Å². The second-order valence-corrected chi connectivity index (χ2v) is 10.2. The van der Waals surface area contributed by atoms with E-state index in [0.29, 0.717) is 35.3 Å². The van der Waals surface area contributed by atoms with Crippen LogP contribution < -0.4 is 10.1 Å². The van der Waals surface area contributed by atoms with E-state index in [1.807, 2.05) is 48.5 Å². The number of aromatic nitrogens is 1. The van der Waals surface area contributed by atoms with E-state index in [9.17, 15) is 5.11 Å². The van der Waals surface area contributed by atoms with Crippen molar-refractivity contribution in [3.8, 4) is 5.88 Å². The van der Waals surface area contributed by atoms with E-state index in [0.717, 1.165) is 28.5 Å². The fourth-order valence-corrected chi connectivity index (χ4v) is 5.66. The van der Waals surface area contributed by atoms with Gasteiger partial charge in [-0.1, -0.05) is 65.7 Å². The van der Waals surface area contributed by atoms with Crippen LogP contribution in [0.15, 0.2) is 78.9 Å². The molecule has 0 aliphatic carbocycles. The van der Waals surface area contributed by atoms with Crippen molar-refractivity contribution in [1.29, 1.82) is 0 Å². The van der Waals surface area contributed by atoms with Crippen LogP contribution in [0.1, 0.15) is 35.4 Å². The number of hydrogen-bond acceptors (Lipinski definition) is 4. The molecule has 6 heteroatoms. The predicted molar refractivity (Wildman–Crippen MR) is 143 cm³/mol. The third-order valence-electron chi connectivity index (χ3n) is 6.93. The Morgan fingerprint density at radius 2 is 1.77 bits per heavy atom. The van der Waals surface area contributed by atoms with Crippen LogP contribution in [0, 0.1) is 0 Å². The Morgan fingerprint density at radius 1 is 1.03 bits per heavy atom. The fourth-order valence-electron chi connectivity index (χ4n) is 5.35. The van der Waals surface area contributed by atoms with Crippen LogP contribution >= 0.6 is 23.2 Å². The maximum Gasteiger partial charge on any atom is 0.217 e. The number of ether oxygens (including phenoxy) is 1. The number of aliphatic hydroxyl groups is 1. The lowest BCUT2D eigenvalue weighted by molar-refractivity contribution is -0.0191. The Hall–Kier alpha value is -2.63. The number of rotatable bonds is 6. The van der Waals surface area contributed by atoms with Gasteiger partial charge in [-0.2, -0.15) is 0 Å². The molecular weight excluding hydrogens is 479 g/mol. The number of piperidine rings is 1. The number of pyridine rings is 1. The van der Waals surface area contributed by atoms with Crippen molar-refractivity contribution in [3.63, 3.8) is 0 Å². The second-order valence-electron chi connectivity index (χ2n) is 9.31. The van der Waals surface area contributed by atoms with Crippen molar-refractivity contribution in [2.24, 2.45) is 0 Å². The molecule has 0 amide bonds. The summed E-state index contributed by atoms with van der Waals surface area (Å²) >= 11 is 12.5. The van der Waals surface area contributed by atoms with Gasteiger partial charge in [0, 0.05) is 33.0 Å². The highest BCUT2D eigenvalue weighted by atomic mass is 35.5. The van der Waals surface area contributed by atoms with E-state index in [4.69, 9.17) is 32.9 Å². The number of hydrogen-bond donors (Lipinski definition) is 2. The summed E-state index contributed by atoms with van der Waals surface area (Å²) in [7, 11) is 1.62. The van der Waals surface area contributed by atoms with Crippen LogP contribution in [0.25, 0.3) is 10.9 Å². The molecule has 4 aromatic rings. The highest BCUT2D eigenvalue weighted by Gasteiger charge is 2.44. The molecule has 4 nitrogen and oxygen atoms in total. The number of nitrogens with one attached hydrogen (secondary N) is 1. The second kappa shape index (κ2) is 10.2. The summed E-state index contributed by atoms with van der Waals surface area (Å²) in [6.45, 7) is 0.716. The smallest absolute Gasteiger partial charge is 0.217 e. The lowest BCUT2D eigenvalue weighted by Gasteiger charge is -2.43. The Bertz CT molecular complexity index is 1310. The number of benzene rings is 3. The van der Waals surface area contributed by atoms with Gasteiger partial charge in [-0.05, 0) is 73.3 Å². The molecule has 0 spiro atoms. The molecule has 1 aliphatic heterocycles. The SMILES string of the molecule is COc1nc2ccc(Cl)cc2cc1C(c1ccc(Cl)cc1)C1(O)CCNC(Cc2ccccc2)C1. The summed E-state index contributed by atoms with van der Waals surface area (Å²) in [5, 5.41) is 18.1. The van der Waals surface area contributed by atoms with E-state index in [1.165, 1.54) is 5.56 Å². The predicted octanol–water partition coefficient (Wildman–Crippen LogP) is 6.41. The minimum absolute atomic E-state index is 0.139. The quantitative estimate of drug-likeness (QED) is 0.317. The summed E-state index contributed by atoms with van der Waals surface area (Å²) in [5.74, 6) is 0.150. The van der Waals surface area contributed by atoms with Crippen LogP contribution in [0.4, 0.5) is 0 Å². The zero-order valence-electron chi connectivity index (χ0n) is 19.5. The average Bonchev–Trinajstić information content (AvgIpc) is 2.85. The minimum Gasteiger partial charge on any atom is -0.481 e. The number of fused-ring (bicyclic) bond motifs is 1. The van der Waals surface area contributed by atoms with Gasteiger partial charge >= 0.3 is 0 Å². The van der Waals surface area contributed by atoms with E-state index in [-0.39, 0.29) is 12.0 Å². The molecule has 0 radical (unpaired) electrons. The molecule has 1 fully saturated rings. The van der Waals surface area contributed by atoms with Gasteiger partial charge < -0.3 is 15.2 Å². The summed E-state index contributed by atoms with van der Waals surface area (Å²) < 4.78 is 5.77. The van der Waals surface area contributed by atoms with Crippen LogP contribution in [0.3, 0.4) is 0 Å². The maximum atomic E-state index is 12.3. The first-order valence-electron chi connectivity index (χ1n) is 11.8. The van der Waals surface area contributed by atoms with Gasteiger partial charge in [0.15, 0.2) is 0 Å². The molecule has 0 saturated carbocycles. The zero-order chi connectivity index (χ0) is 24.4. The van der Waals surface area contributed by atoms with Crippen molar-refractivity contribution in [2.45, 2.75) is 36.8 Å². The van der Waals surface area contributed by atoms with Crippen LogP contribution in [0.5, 0.6) is 5.88 Å². The summed E-state index contributed by atoms with van der Waals surface area (Å²) in [6.07, 6.45) is 2.04. The van der Waals surface area contributed by atoms with Gasteiger partial charge in [0.2, 0.25) is 5.88 Å². The van der Waals surface area contributed by atoms with Crippen molar-refractivity contribution >= 4 is 34.1 Å². The first-order chi connectivity index (χ1) is 16.9. The van der Waals surface area contributed by atoms with E-state index in [2.05, 4.69) is 35.6 Å². The van der Waals surface area contributed by atoms with Gasteiger partial charge in [-0.3, -0.25) is 0 Å². The molecular formula is C29H28Cl2N2O2. The summed E-state index contributed by atoms with van der Waals surface area (Å²) in [6, 6.07) is 25.9. The molecule has 1 aliphatic rings. The zero-order valence-corrected chi connectivity index (χ0v) is 21.1. The highest BCUT2D eigenvalue weighted by Crippen LogP contribution is 2.45. The molecule has 1 aromatic heterocycles. The Morgan fingerprint density at radius 3 is 2.51 bits per heavy atom. The Labute approximate surface area is 215 Å². The van der Waals surface area contributed by atoms with Gasteiger partial charge in [-0.15, -0.1) is 0 Å². The molecule has 180 valence electrons. The minimum atomic E-state index is -1.01. The Kier molecular flexibility index (Phi) is 6.99. The van der Waals surface area contributed by atoms with Crippen molar-refractivity contribution in [3.05, 3.63) is 106 Å². The topological polar surface area (TPSA) is 54.4 Å². The third-order valence-corrected chi connectivity index (χ3v) is 7.42.